The van der Waals surface area contributed by atoms with E-state index in [2.05, 4.69) is 15.9 Å². The predicted molar refractivity (Wildman–Crippen MR) is 102 cm³/mol. The summed E-state index contributed by atoms with van der Waals surface area (Å²) >= 11 is 3.50. The summed E-state index contributed by atoms with van der Waals surface area (Å²) in [4.78, 5) is 14.5. The molecule has 26 heavy (non-hydrogen) atoms. The summed E-state index contributed by atoms with van der Waals surface area (Å²) < 4.78 is 6.34. The van der Waals surface area contributed by atoms with Gasteiger partial charge in [0.05, 0.1) is 18.8 Å². The Hall–Kier alpha value is -2.79. The molecule has 1 aliphatic rings. The van der Waals surface area contributed by atoms with Crippen LogP contribution in [0.2, 0.25) is 0 Å². The first-order valence-corrected chi connectivity index (χ1v) is 9.02. The van der Waals surface area contributed by atoms with Crippen molar-refractivity contribution in [1.82, 2.24) is 4.90 Å². The van der Waals surface area contributed by atoms with Crippen LogP contribution in [0.15, 0.2) is 87.6 Å². The minimum atomic E-state index is -0.398. The van der Waals surface area contributed by atoms with Crippen molar-refractivity contribution >= 4 is 27.4 Å². The SMILES string of the molecule is O=C1C(O)=C(c2ccccc2)[C@H](c2cccc(Br)c2)N1Cc1ccco1. The second-order valence-electron chi connectivity index (χ2n) is 6.10. The number of hydrogen-bond acceptors (Lipinski definition) is 3. The molecule has 1 aliphatic heterocycles. The van der Waals surface area contributed by atoms with Gasteiger partial charge in [-0.25, -0.2) is 0 Å². The lowest BCUT2D eigenvalue weighted by Crippen LogP contribution is -2.29. The number of amides is 1. The molecule has 1 aromatic heterocycles. The van der Waals surface area contributed by atoms with Crippen molar-refractivity contribution in [3.05, 3.63) is 100 Å². The minimum Gasteiger partial charge on any atom is -0.503 e. The van der Waals surface area contributed by atoms with E-state index in [9.17, 15) is 9.90 Å². The second kappa shape index (κ2) is 6.84. The van der Waals surface area contributed by atoms with Gasteiger partial charge >= 0.3 is 0 Å². The third-order valence-corrected chi connectivity index (χ3v) is 4.95. The number of carbonyl (C=O) groups is 1. The lowest BCUT2D eigenvalue weighted by Gasteiger charge is -2.26. The summed E-state index contributed by atoms with van der Waals surface area (Å²) in [5, 5.41) is 10.7. The standard InChI is InChI=1S/C21H16BrNO3/c22-16-9-4-8-15(12-16)19-18(14-6-2-1-3-7-14)20(24)21(25)23(19)13-17-10-5-11-26-17/h1-12,19,24H,13H2/t19-/m0/s1. The molecule has 1 N–H and O–H groups in total. The van der Waals surface area contributed by atoms with Crippen molar-refractivity contribution in [2.24, 2.45) is 0 Å². The summed E-state index contributed by atoms with van der Waals surface area (Å²) in [6, 6.07) is 20.5. The van der Waals surface area contributed by atoms with Crippen LogP contribution in [0.1, 0.15) is 22.9 Å². The lowest BCUT2D eigenvalue weighted by atomic mass is 9.93. The highest BCUT2D eigenvalue weighted by Crippen LogP contribution is 2.44. The van der Waals surface area contributed by atoms with Crippen LogP contribution >= 0.6 is 15.9 Å². The molecule has 130 valence electrons. The fourth-order valence-corrected chi connectivity index (χ4v) is 3.74. The number of rotatable bonds is 4. The van der Waals surface area contributed by atoms with Crippen LogP contribution in [0.3, 0.4) is 0 Å². The smallest absolute Gasteiger partial charge is 0.290 e. The maximum atomic E-state index is 12.8. The first-order valence-electron chi connectivity index (χ1n) is 8.22. The van der Waals surface area contributed by atoms with Gasteiger partial charge in [-0.3, -0.25) is 4.79 Å². The summed E-state index contributed by atoms with van der Waals surface area (Å²) in [6.07, 6.45) is 1.58. The fraction of sp³-hybridized carbons (Fsp3) is 0.0952. The van der Waals surface area contributed by atoms with Crippen LogP contribution in [0, 0.1) is 0 Å². The van der Waals surface area contributed by atoms with Crippen LogP contribution < -0.4 is 0 Å². The van der Waals surface area contributed by atoms with E-state index in [0.717, 1.165) is 15.6 Å². The van der Waals surface area contributed by atoms with Gasteiger partial charge in [-0.15, -0.1) is 0 Å². The van der Waals surface area contributed by atoms with E-state index in [-0.39, 0.29) is 12.3 Å². The second-order valence-corrected chi connectivity index (χ2v) is 7.01. The maximum Gasteiger partial charge on any atom is 0.290 e. The third kappa shape index (κ3) is 2.95. The Balaban J connectivity index is 1.84. The molecule has 0 unspecified atom stereocenters. The monoisotopic (exact) mass is 409 g/mol. The van der Waals surface area contributed by atoms with Gasteiger partial charge in [0, 0.05) is 10.0 Å². The number of halogens is 1. The number of furan rings is 1. The average Bonchev–Trinajstić information content (AvgIpc) is 3.25. The first kappa shape index (κ1) is 16.7. The number of aliphatic hydroxyl groups is 1. The molecule has 1 atom stereocenters. The zero-order chi connectivity index (χ0) is 18.1. The summed E-state index contributed by atoms with van der Waals surface area (Å²) in [5.41, 5.74) is 2.35. The van der Waals surface area contributed by atoms with Crippen LogP contribution in [0.25, 0.3) is 5.57 Å². The van der Waals surface area contributed by atoms with E-state index in [1.54, 1.807) is 17.2 Å². The van der Waals surface area contributed by atoms with Crippen molar-refractivity contribution in [2.45, 2.75) is 12.6 Å². The maximum absolute atomic E-state index is 12.8. The molecule has 2 heterocycles. The molecule has 0 fully saturated rings. The molecule has 0 saturated heterocycles. The number of hydrogen-bond donors (Lipinski definition) is 1. The predicted octanol–water partition coefficient (Wildman–Crippen LogP) is 5.09. The minimum absolute atomic E-state index is 0.215. The molecule has 0 aliphatic carbocycles. The number of benzene rings is 2. The Labute approximate surface area is 159 Å². The third-order valence-electron chi connectivity index (χ3n) is 4.46. The molecular formula is C21H16BrNO3. The van der Waals surface area contributed by atoms with E-state index in [4.69, 9.17) is 4.42 Å². The molecule has 4 rings (SSSR count). The highest BCUT2D eigenvalue weighted by Gasteiger charge is 2.41. The van der Waals surface area contributed by atoms with E-state index in [0.29, 0.717) is 11.3 Å². The van der Waals surface area contributed by atoms with Crippen molar-refractivity contribution in [3.8, 4) is 0 Å². The van der Waals surface area contributed by atoms with Gasteiger partial charge < -0.3 is 14.4 Å². The summed E-state index contributed by atoms with van der Waals surface area (Å²) in [7, 11) is 0. The van der Waals surface area contributed by atoms with E-state index in [1.807, 2.05) is 60.7 Å². The van der Waals surface area contributed by atoms with Gasteiger partial charge in [0.1, 0.15) is 5.76 Å². The van der Waals surface area contributed by atoms with Gasteiger partial charge in [0.2, 0.25) is 0 Å². The largest absolute Gasteiger partial charge is 0.503 e. The van der Waals surface area contributed by atoms with Crippen LogP contribution in [0.4, 0.5) is 0 Å². The van der Waals surface area contributed by atoms with Crippen molar-refractivity contribution in [3.63, 3.8) is 0 Å². The van der Waals surface area contributed by atoms with Crippen molar-refractivity contribution in [1.29, 1.82) is 0 Å². The Morgan fingerprint density at radius 1 is 1.04 bits per heavy atom. The molecule has 0 spiro atoms. The molecule has 2 aromatic carbocycles. The highest BCUT2D eigenvalue weighted by molar-refractivity contribution is 9.10. The van der Waals surface area contributed by atoms with Crippen LogP contribution in [-0.4, -0.2) is 15.9 Å². The molecule has 1 amide bonds. The van der Waals surface area contributed by atoms with Crippen molar-refractivity contribution < 1.29 is 14.3 Å². The molecular weight excluding hydrogens is 394 g/mol. The molecule has 0 saturated carbocycles. The first-order chi connectivity index (χ1) is 12.6. The topological polar surface area (TPSA) is 53.7 Å². The quantitative estimate of drug-likeness (QED) is 0.652. The Morgan fingerprint density at radius 3 is 2.54 bits per heavy atom. The summed E-state index contributed by atoms with van der Waals surface area (Å²) in [5.74, 6) is 0.0541. The zero-order valence-electron chi connectivity index (χ0n) is 13.8. The Bertz CT molecular complexity index is 964. The molecule has 0 bridgehead atoms. The molecule has 5 heteroatoms. The molecule has 3 aromatic rings. The van der Waals surface area contributed by atoms with Crippen molar-refractivity contribution in [2.75, 3.05) is 0 Å². The molecule has 4 nitrogen and oxygen atoms in total. The highest BCUT2D eigenvalue weighted by atomic mass is 79.9. The van der Waals surface area contributed by atoms with Gasteiger partial charge in [0.15, 0.2) is 5.76 Å². The van der Waals surface area contributed by atoms with Crippen LogP contribution in [0.5, 0.6) is 0 Å². The number of carbonyl (C=O) groups excluding carboxylic acids is 1. The van der Waals surface area contributed by atoms with Gasteiger partial charge in [-0.05, 0) is 35.4 Å². The Morgan fingerprint density at radius 2 is 1.85 bits per heavy atom. The normalized spacial score (nSPS) is 17.2. The van der Waals surface area contributed by atoms with Crippen LogP contribution in [-0.2, 0) is 11.3 Å². The van der Waals surface area contributed by atoms with Gasteiger partial charge in [-0.2, -0.15) is 0 Å². The average molecular weight is 410 g/mol. The lowest BCUT2D eigenvalue weighted by molar-refractivity contribution is -0.130. The zero-order valence-corrected chi connectivity index (χ0v) is 15.4. The Kier molecular flexibility index (Phi) is 4.39. The van der Waals surface area contributed by atoms with E-state index < -0.39 is 11.9 Å². The summed E-state index contributed by atoms with van der Waals surface area (Å²) in [6.45, 7) is 0.281. The fourth-order valence-electron chi connectivity index (χ4n) is 3.32. The molecule has 0 radical (unpaired) electrons. The van der Waals surface area contributed by atoms with E-state index in [1.165, 1.54) is 0 Å². The number of aliphatic hydroxyl groups excluding tert-OH is 1. The van der Waals surface area contributed by atoms with E-state index >= 15 is 0 Å². The van der Waals surface area contributed by atoms with Gasteiger partial charge in [-0.1, -0.05) is 58.4 Å². The van der Waals surface area contributed by atoms with Gasteiger partial charge in [0.25, 0.3) is 5.91 Å². The number of nitrogens with zero attached hydrogens (tertiary/aromatic N) is 1.